The monoisotopic (exact) mass is 364 g/mol. The van der Waals surface area contributed by atoms with Gasteiger partial charge < -0.3 is 20.1 Å². The van der Waals surface area contributed by atoms with Crippen molar-refractivity contribution in [2.75, 3.05) is 30.9 Å². The van der Waals surface area contributed by atoms with E-state index in [2.05, 4.69) is 20.6 Å². The Balaban J connectivity index is 1.61. The highest BCUT2D eigenvalue weighted by atomic mass is 16.5. The normalized spacial score (nSPS) is 10.4. The second-order valence-electron chi connectivity index (χ2n) is 6.06. The summed E-state index contributed by atoms with van der Waals surface area (Å²) in [6.07, 6.45) is 0.922. The summed E-state index contributed by atoms with van der Waals surface area (Å²) in [6, 6.07) is 19.3. The lowest BCUT2D eigenvalue weighted by Crippen LogP contribution is -2.08. The number of nitrogens with one attached hydrogen (secondary N) is 2. The summed E-state index contributed by atoms with van der Waals surface area (Å²) in [6.45, 7) is 3.47. The van der Waals surface area contributed by atoms with E-state index in [4.69, 9.17) is 9.47 Å². The maximum Gasteiger partial charge on any atom is 0.229 e. The van der Waals surface area contributed by atoms with Gasteiger partial charge in [-0.05, 0) is 49.7 Å². The first kappa shape index (κ1) is 18.7. The molecule has 0 aliphatic rings. The number of hydrogen-bond donors (Lipinski definition) is 2. The molecule has 2 N–H and O–H groups in total. The number of hydrogen-bond acceptors (Lipinski definition) is 6. The predicted molar refractivity (Wildman–Crippen MR) is 108 cm³/mol. The highest BCUT2D eigenvalue weighted by molar-refractivity contribution is 5.56. The zero-order valence-corrected chi connectivity index (χ0v) is 15.6. The lowest BCUT2D eigenvalue weighted by atomic mass is 10.3. The molecule has 0 aliphatic heterocycles. The van der Waals surface area contributed by atoms with E-state index in [1.54, 1.807) is 7.11 Å². The summed E-state index contributed by atoms with van der Waals surface area (Å²) in [7, 11) is 1.70. The maximum atomic E-state index is 5.81. The summed E-state index contributed by atoms with van der Waals surface area (Å²) in [5, 5.41) is 6.53. The summed E-state index contributed by atoms with van der Waals surface area (Å²) < 4.78 is 10.9. The van der Waals surface area contributed by atoms with Crippen LogP contribution >= 0.6 is 0 Å². The topological polar surface area (TPSA) is 68.3 Å². The zero-order chi connectivity index (χ0) is 18.9. The molecule has 0 radical (unpaired) electrons. The number of nitrogens with zero attached hydrogens (tertiary/aromatic N) is 2. The predicted octanol–water partition coefficient (Wildman–Crippen LogP) is 4.77. The van der Waals surface area contributed by atoms with Crippen LogP contribution in [-0.4, -0.2) is 30.2 Å². The minimum atomic E-state index is 0.556. The molecule has 0 amide bonds. The first-order valence-corrected chi connectivity index (χ1v) is 8.91. The molecule has 0 saturated heterocycles. The molecule has 0 unspecified atom stereocenters. The standard InChI is InChI=1S/C21H24N4O2/c1-16-15-20(22-13-6-14-26-2)25-21(23-16)24-17-9-11-19(12-10-17)27-18-7-4-3-5-8-18/h3-5,7-12,15H,6,13-14H2,1-2H3,(H2,22,23,24,25). The SMILES string of the molecule is COCCCNc1cc(C)nc(Nc2ccc(Oc3ccccc3)cc2)n1. The van der Waals surface area contributed by atoms with Crippen molar-refractivity contribution in [3.8, 4) is 11.5 Å². The van der Waals surface area contributed by atoms with Crippen LogP contribution in [0.2, 0.25) is 0 Å². The van der Waals surface area contributed by atoms with Crippen molar-refractivity contribution >= 4 is 17.5 Å². The number of rotatable bonds is 9. The van der Waals surface area contributed by atoms with E-state index in [0.717, 1.165) is 48.3 Å². The molecule has 0 aliphatic carbocycles. The van der Waals surface area contributed by atoms with Gasteiger partial charge in [-0.25, -0.2) is 4.98 Å². The van der Waals surface area contributed by atoms with Crippen LogP contribution < -0.4 is 15.4 Å². The zero-order valence-electron chi connectivity index (χ0n) is 15.6. The van der Waals surface area contributed by atoms with Gasteiger partial charge in [-0.1, -0.05) is 18.2 Å². The highest BCUT2D eigenvalue weighted by Gasteiger charge is 2.04. The third-order valence-corrected chi connectivity index (χ3v) is 3.77. The van der Waals surface area contributed by atoms with Crippen molar-refractivity contribution in [3.05, 3.63) is 66.4 Å². The summed E-state index contributed by atoms with van der Waals surface area (Å²) in [5.41, 5.74) is 1.79. The Hall–Kier alpha value is -3.12. The van der Waals surface area contributed by atoms with E-state index in [9.17, 15) is 0 Å². The second kappa shape index (κ2) is 9.54. The van der Waals surface area contributed by atoms with Crippen molar-refractivity contribution in [2.24, 2.45) is 0 Å². The summed E-state index contributed by atoms with van der Waals surface area (Å²) in [5.74, 6) is 2.94. The molecule has 0 atom stereocenters. The molecule has 0 spiro atoms. The summed E-state index contributed by atoms with van der Waals surface area (Å²) in [4.78, 5) is 8.96. The molecule has 140 valence electrons. The highest BCUT2D eigenvalue weighted by Crippen LogP contribution is 2.24. The Morgan fingerprint density at radius 3 is 2.41 bits per heavy atom. The average Bonchev–Trinajstić information content (AvgIpc) is 2.67. The average molecular weight is 364 g/mol. The van der Waals surface area contributed by atoms with Crippen molar-refractivity contribution in [2.45, 2.75) is 13.3 Å². The van der Waals surface area contributed by atoms with Gasteiger partial charge in [0.15, 0.2) is 0 Å². The first-order valence-electron chi connectivity index (χ1n) is 8.91. The van der Waals surface area contributed by atoms with E-state index in [1.807, 2.05) is 67.6 Å². The van der Waals surface area contributed by atoms with Crippen LogP contribution in [0.15, 0.2) is 60.7 Å². The van der Waals surface area contributed by atoms with Gasteiger partial charge in [0, 0.05) is 37.7 Å². The lowest BCUT2D eigenvalue weighted by Gasteiger charge is -2.11. The molecule has 6 heteroatoms. The van der Waals surface area contributed by atoms with Gasteiger partial charge in [-0.15, -0.1) is 0 Å². The number of para-hydroxylation sites is 1. The molecule has 6 nitrogen and oxygen atoms in total. The van der Waals surface area contributed by atoms with Gasteiger partial charge in [0.1, 0.15) is 17.3 Å². The Morgan fingerprint density at radius 2 is 1.67 bits per heavy atom. The van der Waals surface area contributed by atoms with Crippen LogP contribution in [0, 0.1) is 6.92 Å². The van der Waals surface area contributed by atoms with Gasteiger partial charge in [-0.3, -0.25) is 0 Å². The number of ether oxygens (including phenoxy) is 2. The molecular formula is C21H24N4O2. The largest absolute Gasteiger partial charge is 0.457 e. The maximum absolute atomic E-state index is 5.81. The second-order valence-corrected chi connectivity index (χ2v) is 6.06. The molecule has 2 aromatic carbocycles. The quantitative estimate of drug-likeness (QED) is 0.533. The van der Waals surface area contributed by atoms with Crippen LogP contribution in [0.5, 0.6) is 11.5 Å². The Labute approximate surface area is 159 Å². The van der Waals surface area contributed by atoms with Crippen LogP contribution in [0.25, 0.3) is 0 Å². The molecule has 3 aromatic rings. The van der Waals surface area contributed by atoms with Crippen molar-refractivity contribution in [1.29, 1.82) is 0 Å². The van der Waals surface area contributed by atoms with Crippen LogP contribution in [0.3, 0.4) is 0 Å². The van der Waals surface area contributed by atoms with E-state index < -0.39 is 0 Å². The van der Waals surface area contributed by atoms with Gasteiger partial charge in [0.2, 0.25) is 5.95 Å². The van der Waals surface area contributed by atoms with Crippen molar-refractivity contribution < 1.29 is 9.47 Å². The van der Waals surface area contributed by atoms with Crippen molar-refractivity contribution in [1.82, 2.24) is 9.97 Å². The minimum absolute atomic E-state index is 0.556. The van der Waals surface area contributed by atoms with Crippen LogP contribution in [0.1, 0.15) is 12.1 Å². The molecule has 0 saturated carbocycles. The minimum Gasteiger partial charge on any atom is -0.457 e. The van der Waals surface area contributed by atoms with Crippen LogP contribution in [-0.2, 0) is 4.74 Å². The number of methoxy groups -OCH3 is 1. The van der Waals surface area contributed by atoms with E-state index in [-0.39, 0.29) is 0 Å². The molecule has 1 aromatic heterocycles. The molecule has 3 rings (SSSR count). The van der Waals surface area contributed by atoms with E-state index in [0.29, 0.717) is 5.95 Å². The number of aromatic nitrogens is 2. The molecular weight excluding hydrogens is 340 g/mol. The lowest BCUT2D eigenvalue weighted by molar-refractivity contribution is 0.198. The fourth-order valence-electron chi connectivity index (χ4n) is 2.51. The number of aryl methyl sites for hydroxylation is 1. The third kappa shape index (κ3) is 5.97. The van der Waals surface area contributed by atoms with Gasteiger partial charge >= 0.3 is 0 Å². The number of anilines is 3. The number of benzene rings is 2. The van der Waals surface area contributed by atoms with E-state index >= 15 is 0 Å². The first-order chi connectivity index (χ1) is 13.2. The Kier molecular flexibility index (Phi) is 6.60. The Bertz CT molecular complexity index is 839. The molecule has 27 heavy (non-hydrogen) atoms. The third-order valence-electron chi connectivity index (χ3n) is 3.77. The van der Waals surface area contributed by atoms with Gasteiger partial charge in [0.05, 0.1) is 0 Å². The Morgan fingerprint density at radius 1 is 0.926 bits per heavy atom. The van der Waals surface area contributed by atoms with Crippen molar-refractivity contribution in [3.63, 3.8) is 0 Å². The fourth-order valence-corrected chi connectivity index (χ4v) is 2.51. The smallest absolute Gasteiger partial charge is 0.229 e. The molecule has 0 bridgehead atoms. The molecule has 0 fully saturated rings. The molecule has 1 heterocycles. The summed E-state index contributed by atoms with van der Waals surface area (Å²) >= 11 is 0. The fraction of sp³-hybridized carbons (Fsp3) is 0.238. The van der Waals surface area contributed by atoms with E-state index in [1.165, 1.54) is 0 Å². The van der Waals surface area contributed by atoms with Crippen LogP contribution in [0.4, 0.5) is 17.5 Å². The van der Waals surface area contributed by atoms with Gasteiger partial charge in [-0.2, -0.15) is 4.98 Å². The van der Waals surface area contributed by atoms with Gasteiger partial charge in [0.25, 0.3) is 0 Å².